The first-order valence-electron chi connectivity index (χ1n) is 7.95. The average molecular weight is 390 g/mol. The molecule has 0 saturated carbocycles. The Kier molecular flexibility index (Phi) is 5.04. The number of carbonyl (C=O) groups is 1. The highest BCUT2D eigenvalue weighted by Gasteiger charge is 2.20. The van der Waals surface area contributed by atoms with Crippen LogP contribution in [0.4, 0.5) is 5.69 Å². The molecule has 3 rings (SSSR count). The minimum atomic E-state index is -0.262. The third-order valence-corrected chi connectivity index (χ3v) is 4.64. The predicted octanol–water partition coefficient (Wildman–Crippen LogP) is 3.63. The van der Waals surface area contributed by atoms with E-state index in [1.165, 1.54) is 7.11 Å². The molecule has 1 aliphatic rings. The number of aromatic nitrogens is 2. The molecule has 1 aromatic heterocycles. The minimum absolute atomic E-state index is 0.262. The van der Waals surface area contributed by atoms with Gasteiger partial charge in [0.15, 0.2) is 0 Å². The van der Waals surface area contributed by atoms with Crippen LogP contribution in [-0.2, 0) is 22.6 Å². The van der Waals surface area contributed by atoms with Gasteiger partial charge in [0.2, 0.25) is 0 Å². The number of hydrogen-bond acceptors (Lipinski definition) is 4. The molecule has 1 aromatic carbocycles. The number of esters is 1. The molecule has 0 unspecified atom stereocenters. The number of rotatable bonds is 4. The van der Waals surface area contributed by atoms with Gasteiger partial charge in [-0.05, 0) is 43.2 Å². The first-order valence-corrected chi connectivity index (χ1v) is 8.74. The van der Waals surface area contributed by atoms with Gasteiger partial charge in [0.1, 0.15) is 0 Å². The van der Waals surface area contributed by atoms with E-state index in [1.807, 2.05) is 29.1 Å². The van der Waals surface area contributed by atoms with E-state index in [0.29, 0.717) is 12.0 Å². The quantitative estimate of drug-likeness (QED) is 0.749. The predicted molar refractivity (Wildman–Crippen MR) is 97.7 cm³/mol. The Morgan fingerprint density at radius 1 is 1.42 bits per heavy atom. The van der Waals surface area contributed by atoms with Crippen molar-refractivity contribution in [3.8, 4) is 0 Å². The lowest BCUT2D eigenvalue weighted by molar-refractivity contribution is -0.136. The number of fused-ring (bicyclic) bond motifs is 1. The molecule has 0 radical (unpaired) electrons. The summed E-state index contributed by atoms with van der Waals surface area (Å²) in [6.45, 7) is 4.45. The van der Waals surface area contributed by atoms with Gasteiger partial charge in [-0.1, -0.05) is 15.9 Å². The number of methoxy groups -OCH3 is 1. The summed E-state index contributed by atoms with van der Waals surface area (Å²) in [6, 6.07) is 6.14. The van der Waals surface area contributed by atoms with Crippen LogP contribution in [0.25, 0.3) is 6.08 Å². The summed E-state index contributed by atoms with van der Waals surface area (Å²) < 4.78 is 7.82. The third kappa shape index (κ3) is 3.53. The summed E-state index contributed by atoms with van der Waals surface area (Å²) in [6.07, 6.45) is 6.56. The van der Waals surface area contributed by atoms with Crippen molar-refractivity contribution >= 4 is 33.7 Å². The molecule has 2 heterocycles. The first kappa shape index (κ1) is 16.8. The maximum atomic E-state index is 12.0. The van der Waals surface area contributed by atoms with Crippen molar-refractivity contribution in [1.82, 2.24) is 9.78 Å². The van der Waals surface area contributed by atoms with E-state index < -0.39 is 0 Å². The van der Waals surface area contributed by atoms with Crippen molar-refractivity contribution in [3.05, 3.63) is 51.8 Å². The molecule has 6 heteroatoms. The highest BCUT2D eigenvalue weighted by molar-refractivity contribution is 9.10. The fourth-order valence-corrected chi connectivity index (χ4v) is 3.28. The highest BCUT2D eigenvalue weighted by Crippen LogP contribution is 2.31. The molecule has 0 N–H and O–H groups in total. The second kappa shape index (κ2) is 7.21. The molecular weight excluding hydrogens is 370 g/mol. The zero-order chi connectivity index (χ0) is 17.1. The molecule has 0 aliphatic carbocycles. The van der Waals surface area contributed by atoms with E-state index in [2.05, 4.69) is 45.1 Å². The monoisotopic (exact) mass is 389 g/mol. The van der Waals surface area contributed by atoms with Crippen LogP contribution in [-0.4, -0.2) is 29.4 Å². The number of carbonyl (C=O) groups excluding carboxylic acids is 1. The average Bonchev–Trinajstić information content (AvgIpc) is 2.96. The number of nitrogens with zero attached hydrogens (tertiary/aromatic N) is 3. The Labute approximate surface area is 150 Å². The van der Waals surface area contributed by atoms with Gasteiger partial charge in [-0.2, -0.15) is 5.10 Å². The number of hydrogen-bond donors (Lipinski definition) is 0. The van der Waals surface area contributed by atoms with Crippen LogP contribution in [0.5, 0.6) is 0 Å². The second-order valence-electron chi connectivity index (χ2n) is 5.74. The number of aryl methyl sites for hydroxylation is 1. The van der Waals surface area contributed by atoms with E-state index in [-0.39, 0.29) is 5.97 Å². The van der Waals surface area contributed by atoms with Crippen molar-refractivity contribution in [1.29, 1.82) is 0 Å². The van der Waals surface area contributed by atoms with Gasteiger partial charge in [0.25, 0.3) is 0 Å². The van der Waals surface area contributed by atoms with Gasteiger partial charge in [0.05, 0.1) is 13.3 Å². The molecule has 0 fully saturated rings. The molecule has 0 bridgehead atoms. The molecular formula is C18H20BrN3O2. The number of benzene rings is 1. The summed E-state index contributed by atoms with van der Waals surface area (Å²) >= 11 is 3.51. The standard InChI is InChI=1S/C18H20BrN3O2/c1-3-22-12-13(10-20-22)11-21-7-6-14(18(23)24-2)8-15-9-16(19)4-5-17(15)21/h4-5,8-10,12H,3,6-7,11H2,1-2H3. The van der Waals surface area contributed by atoms with Crippen LogP contribution < -0.4 is 4.90 Å². The van der Waals surface area contributed by atoms with Crippen molar-refractivity contribution in [2.24, 2.45) is 0 Å². The van der Waals surface area contributed by atoms with Crippen LogP contribution in [0.15, 0.2) is 40.6 Å². The van der Waals surface area contributed by atoms with E-state index in [4.69, 9.17) is 4.74 Å². The normalized spacial score (nSPS) is 14.0. The number of anilines is 1. The lowest BCUT2D eigenvalue weighted by Gasteiger charge is -2.24. The molecule has 126 valence electrons. The molecule has 0 atom stereocenters. The minimum Gasteiger partial charge on any atom is -0.466 e. The lowest BCUT2D eigenvalue weighted by atomic mass is 10.1. The SMILES string of the molecule is CCn1cc(CN2CCC(C(=O)OC)=Cc3cc(Br)ccc32)cn1. The van der Waals surface area contributed by atoms with Gasteiger partial charge < -0.3 is 9.64 Å². The van der Waals surface area contributed by atoms with E-state index in [0.717, 1.165) is 40.9 Å². The van der Waals surface area contributed by atoms with Crippen molar-refractivity contribution in [3.63, 3.8) is 0 Å². The fraction of sp³-hybridized carbons (Fsp3) is 0.333. The Bertz CT molecular complexity index is 782. The van der Waals surface area contributed by atoms with Gasteiger partial charge in [-0.15, -0.1) is 0 Å². The summed E-state index contributed by atoms with van der Waals surface area (Å²) in [5, 5.41) is 4.35. The van der Waals surface area contributed by atoms with E-state index in [9.17, 15) is 4.79 Å². The van der Waals surface area contributed by atoms with Crippen molar-refractivity contribution in [2.75, 3.05) is 18.6 Å². The molecule has 1 aliphatic heterocycles. The van der Waals surface area contributed by atoms with Crippen LogP contribution in [0.1, 0.15) is 24.5 Å². The molecule has 0 saturated heterocycles. The summed E-state index contributed by atoms with van der Waals surface area (Å²) in [5.74, 6) is -0.262. The van der Waals surface area contributed by atoms with Crippen LogP contribution in [0.3, 0.4) is 0 Å². The topological polar surface area (TPSA) is 47.4 Å². The maximum absolute atomic E-state index is 12.0. The molecule has 0 spiro atoms. The second-order valence-corrected chi connectivity index (χ2v) is 6.66. The smallest absolute Gasteiger partial charge is 0.333 e. The van der Waals surface area contributed by atoms with Crippen LogP contribution in [0, 0.1) is 0 Å². The van der Waals surface area contributed by atoms with Gasteiger partial charge >= 0.3 is 5.97 Å². The maximum Gasteiger partial charge on any atom is 0.333 e. The molecule has 24 heavy (non-hydrogen) atoms. The zero-order valence-electron chi connectivity index (χ0n) is 13.8. The summed E-state index contributed by atoms with van der Waals surface area (Å²) in [4.78, 5) is 14.3. The Hall–Kier alpha value is -2.08. The first-order chi connectivity index (χ1) is 11.6. The Balaban J connectivity index is 1.93. The molecule has 2 aromatic rings. The number of halogens is 1. The molecule has 5 nitrogen and oxygen atoms in total. The van der Waals surface area contributed by atoms with Gasteiger partial charge in [-0.3, -0.25) is 4.68 Å². The third-order valence-electron chi connectivity index (χ3n) is 4.14. The number of ether oxygens (including phenoxy) is 1. The highest BCUT2D eigenvalue weighted by atomic mass is 79.9. The zero-order valence-corrected chi connectivity index (χ0v) is 15.4. The fourth-order valence-electron chi connectivity index (χ4n) is 2.90. The Morgan fingerprint density at radius 2 is 2.25 bits per heavy atom. The van der Waals surface area contributed by atoms with Crippen LogP contribution >= 0.6 is 15.9 Å². The lowest BCUT2D eigenvalue weighted by Crippen LogP contribution is -2.24. The van der Waals surface area contributed by atoms with Crippen molar-refractivity contribution < 1.29 is 9.53 Å². The van der Waals surface area contributed by atoms with E-state index in [1.54, 1.807) is 0 Å². The van der Waals surface area contributed by atoms with E-state index >= 15 is 0 Å². The Morgan fingerprint density at radius 3 is 2.96 bits per heavy atom. The van der Waals surface area contributed by atoms with Crippen LogP contribution in [0.2, 0.25) is 0 Å². The van der Waals surface area contributed by atoms with Crippen molar-refractivity contribution in [2.45, 2.75) is 26.4 Å². The largest absolute Gasteiger partial charge is 0.466 e. The summed E-state index contributed by atoms with van der Waals surface area (Å²) in [5.41, 5.74) is 3.99. The van der Waals surface area contributed by atoms with Gasteiger partial charge in [0, 0.05) is 47.1 Å². The summed E-state index contributed by atoms with van der Waals surface area (Å²) in [7, 11) is 1.42. The molecule has 0 amide bonds. The van der Waals surface area contributed by atoms with Gasteiger partial charge in [-0.25, -0.2) is 4.79 Å².